The minimum atomic E-state index is -4.72. The molecule has 0 radical (unpaired) electrons. The molecule has 2 aromatic heterocycles. The lowest BCUT2D eigenvalue weighted by molar-refractivity contribution is -0.144. The Hall–Kier alpha value is -3.58. The molecule has 34 heavy (non-hydrogen) atoms. The summed E-state index contributed by atoms with van der Waals surface area (Å²) < 4.78 is 72.7. The van der Waals surface area contributed by atoms with Crippen LogP contribution in [-0.4, -0.2) is 35.1 Å². The highest BCUT2D eigenvalue weighted by Gasteiger charge is 2.36. The predicted octanol–water partition coefficient (Wildman–Crippen LogP) is 4.43. The largest absolute Gasteiger partial charge is 0.497 e. The third-order valence-electron chi connectivity index (χ3n) is 4.47. The van der Waals surface area contributed by atoms with Gasteiger partial charge in [-0.2, -0.15) is 22.7 Å². The molecule has 4 rings (SSSR count). The summed E-state index contributed by atoms with van der Waals surface area (Å²) in [4.78, 5) is 7.39. The van der Waals surface area contributed by atoms with E-state index < -0.39 is 22.0 Å². The summed E-state index contributed by atoms with van der Waals surface area (Å²) in [6.45, 7) is 1.60. The van der Waals surface area contributed by atoms with Crippen molar-refractivity contribution in [2.24, 2.45) is 0 Å². The van der Waals surface area contributed by atoms with E-state index in [0.29, 0.717) is 22.8 Å². The van der Waals surface area contributed by atoms with Crippen molar-refractivity contribution in [1.82, 2.24) is 19.6 Å². The maximum atomic E-state index is 13.0. The number of halogens is 4. The van der Waals surface area contributed by atoms with Crippen molar-refractivity contribution in [3.8, 4) is 5.75 Å². The minimum absolute atomic E-state index is 0. The Balaban J connectivity index is 0.00000324. The standard InChI is InChI=1S/C20H17F3N6O3S.ClH/c1-12-11-17(29-19(24-12)26-18(27-29)20(21,22)23)25-13-5-9-16(10-6-13)33(30,31)28-14-3-7-15(32-2)8-4-14;/h3-11,25,28H,1-2H3;1H. The number of methoxy groups -OCH3 is 1. The smallest absolute Gasteiger partial charge is 0.453 e. The van der Waals surface area contributed by atoms with Crippen molar-refractivity contribution in [2.45, 2.75) is 18.0 Å². The number of aromatic nitrogens is 4. The molecule has 2 heterocycles. The Morgan fingerprint density at radius 3 is 2.18 bits per heavy atom. The average molecular weight is 515 g/mol. The first-order valence-corrected chi connectivity index (χ1v) is 10.9. The summed E-state index contributed by atoms with van der Waals surface area (Å²) in [5.74, 6) is -0.751. The van der Waals surface area contributed by atoms with Gasteiger partial charge in [-0.25, -0.2) is 13.4 Å². The minimum Gasteiger partial charge on any atom is -0.497 e. The van der Waals surface area contributed by atoms with Gasteiger partial charge < -0.3 is 10.1 Å². The molecule has 0 unspecified atom stereocenters. The van der Waals surface area contributed by atoms with Crippen molar-refractivity contribution in [3.63, 3.8) is 0 Å². The molecule has 0 spiro atoms. The predicted molar refractivity (Wildman–Crippen MR) is 121 cm³/mol. The molecule has 9 nitrogen and oxygen atoms in total. The molecule has 4 aromatic rings. The number of hydrogen-bond acceptors (Lipinski definition) is 7. The summed E-state index contributed by atoms with van der Waals surface area (Å²) in [7, 11) is -2.35. The van der Waals surface area contributed by atoms with Crippen LogP contribution in [0, 0.1) is 6.92 Å². The highest BCUT2D eigenvalue weighted by molar-refractivity contribution is 7.92. The summed E-state index contributed by atoms with van der Waals surface area (Å²) in [6.07, 6.45) is -4.72. The Labute approximate surface area is 198 Å². The number of benzene rings is 2. The Morgan fingerprint density at radius 2 is 1.59 bits per heavy atom. The van der Waals surface area contributed by atoms with Crippen molar-refractivity contribution >= 4 is 45.4 Å². The number of anilines is 3. The molecule has 0 atom stereocenters. The molecule has 0 bridgehead atoms. The molecule has 2 N–H and O–H groups in total. The summed E-state index contributed by atoms with van der Waals surface area (Å²) in [5.41, 5.74) is 1.21. The molecule has 14 heteroatoms. The van der Waals surface area contributed by atoms with Crippen molar-refractivity contribution in [1.29, 1.82) is 0 Å². The van der Waals surface area contributed by atoms with E-state index in [9.17, 15) is 21.6 Å². The molecular formula is C20H18ClF3N6O3S. The van der Waals surface area contributed by atoms with Crippen LogP contribution in [0.1, 0.15) is 11.5 Å². The van der Waals surface area contributed by atoms with Crippen LogP contribution in [0.3, 0.4) is 0 Å². The molecular weight excluding hydrogens is 497 g/mol. The van der Waals surface area contributed by atoms with Gasteiger partial charge in [-0.05, 0) is 55.5 Å². The number of nitrogens with one attached hydrogen (secondary N) is 2. The second-order valence-corrected chi connectivity index (χ2v) is 8.59. The van der Waals surface area contributed by atoms with E-state index in [0.717, 1.165) is 4.52 Å². The molecule has 180 valence electrons. The number of nitrogens with zero attached hydrogens (tertiary/aromatic N) is 4. The van der Waals surface area contributed by atoms with Gasteiger partial charge in [-0.15, -0.1) is 17.5 Å². The van der Waals surface area contributed by atoms with E-state index >= 15 is 0 Å². The summed E-state index contributed by atoms with van der Waals surface area (Å²) in [6, 6.07) is 13.6. The summed E-state index contributed by atoms with van der Waals surface area (Å²) in [5, 5.41) is 6.40. The zero-order chi connectivity index (χ0) is 23.8. The fourth-order valence-electron chi connectivity index (χ4n) is 2.93. The average Bonchev–Trinajstić information content (AvgIpc) is 3.19. The number of fused-ring (bicyclic) bond motifs is 1. The zero-order valence-electron chi connectivity index (χ0n) is 17.7. The first-order valence-electron chi connectivity index (χ1n) is 9.41. The van der Waals surface area contributed by atoms with Gasteiger partial charge in [0.25, 0.3) is 21.6 Å². The molecule has 0 aliphatic rings. The molecule has 0 aliphatic heterocycles. The van der Waals surface area contributed by atoms with Crippen LogP contribution in [0.2, 0.25) is 0 Å². The van der Waals surface area contributed by atoms with Crippen molar-refractivity contribution in [2.75, 3.05) is 17.1 Å². The lowest BCUT2D eigenvalue weighted by atomic mass is 10.3. The fourth-order valence-corrected chi connectivity index (χ4v) is 3.99. The number of alkyl halides is 3. The van der Waals surface area contributed by atoms with E-state index in [-0.39, 0.29) is 28.9 Å². The Kier molecular flexibility index (Phi) is 6.89. The second kappa shape index (κ2) is 9.35. The molecule has 0 fully saturated rings. The van der Waals surface area contributed by atoms with Crippen LogP contribution in [0.25, 0.3) is 5.78 Å². The summed E-state index contributed by atoms with van der Waals surface area (Å²) >= 11 is 0. The maximum Gasteiger partial charge on any atom is 0.453 e. The second-order valence-electron chi connectivity index (χ2n) is 6.91. The first kappa shape index (κ1) is 25.1. The van der Waals surface area contributed by atoms with Gasteiger partial charge in [0.15, 0.2) is 0 Å². The van der Waals surface area contributed by atoms with Gasteiger partial charge in [-0.1, -0.05) is 0 Å². The van der Waals surface area contributed by atoms with Crippen LogP contribution in [-0.2, 0) is 16.2 Å². The van der Waals surface area contributed by atoms with Gasteiger partial charge in [0.05, 0.1) is 12.0 Å². The third-order valence-corrected chi connectivity index (χ3v) is 5.87. The Morgan fingerprint density at radius 1 is 0.971 bits per heavy atom. The number of ether oxygens (including phenoxy) is 1. The lowest BCUT2D eigenvalue weighted by Crippen LogP contribution is -2.13. The molecule has 0 amide bonds. The molecule has 2 aromatic carbocycles. The SMILES string of the molecule is COc1ccc(NS(=O)(=O)c2ccc(Nc3cc(C)nc4nc(C(F)(F)F)nn34)cc2)cc1.Cl. The van der Waals surface area contributed by atoms with Crippen LogP contribution < -0.4 is 14.8 Å². The van der Waals surface area contributed by atoms with Crippen molar-refractivity contribution < 1.29 is 26.3 Å². The highest BCUT2D eigenvalue weighted by Crippen LogP contribution is 2.28. The zero-order valence-corrected chi connectivity index (χ0v) is 19.3. The van der Waals surface area contributed by atoms with E-state index in [1.165, 1.54) is 37.4 Å². The van der Waals surface area contributed by atoms with E-state index in [1.54, 1.807) is 31.2 Å². The van der Waals surface area contributed by atoms with Crippen LogP contribution in [0.5, 0.6) is 5.75 Å². The van der Waals surface area contributed by atoms with Crippen LogP contribution >= 0.6 is 12.4 Å². The number of sulfonamides is 1. The monoisotopic (exact) mass is 514 g/mol. The first-order chi connectivity index (χ1) is 15.5. The van der Waals surface area contributed by atoms with Gasteiger partial charge in [0.1, 0.15) is 11.6 Å². The van der Waals surface area contributed by atoms with E-state index in [4.69, 9.17) is 4.74 Å². The van der Waals surface area contributed by atoms with Crippen molar-refractivity contribution in [3.05, 3.63) is 66.1 Å². The maximum absolute atomic E-state index is 13.0. The Bertz CT molecular complexity index is 1410. The molecule has 0 saturated carbocycles. The van der Waals surface area contributed by atoms with Gasteiger partial charge in [-0.3, -0.25) is 4.72 Å². The van der Waals surface area contributed by atoms with E-state index in [2.05, 4.69) is 25.1 Å². The fraction of sp³-hybridized carbons (Fsp3) is 0.150. The van der Waals surface area contributed by atoms with Gasteiger partial charge in [0, 0.05) is 23.1 Å². The topological polar surface area (TPSA) is 111 Å². The van der Waals surface area contributed by atoms with Gasteiger partial charge >= 0.3 is 6.18 Å². The van der Waals surface area contributed by atoms with E-state index in [1.807, 2.05) is 0 Å². The number of aryl methyl sites for hydroxylation is 1. The highest BCUT2D eigenvalue weighted by atomic mass is 35.5. The molecule has 0 saturated heterocycles. The number of rotatable bonds is 6. The molecule has 0 aliphatic carbocycles. The number of hydrogen-bond donors (Lipinski definition) is 2. The quantitative estimate of drug-likeness (QED) is 0.391. The van der Waals surface area contributed by atoms with Gasteiger partial charge in [0.2, 0.25) is 0 Å². The van der Waals surface area contributed by atoms with Crippen LogP contribution in [0.15, 0.2) is 59.5 Å². The van der Waals surface area contributed by atoms with Crippen LogP contribution in [0.4, 0.5) is 30.4 Å². The normalized spacial score (nSPS) is 11.7. The third kappa shape index (κ3) is 5.31. The lowest BCUT2D eigenvalue weighted by Gasteiger charge is -2.11.